The van der Waals surface area contributed by atoms with Crippen LogP contribution in [0.5, 0.6) is 5.75 Å². The Morgan fingerprint density at radius 1 is 1.19 bits per heavy atom. The second-order valence-electron chi connectivity index (χ2n) is 7.33. The average Bonchev–Trinajstić information content (AvgIpc) is 3.22. The maximum atomic E-state index is 12.9. The highest BCUT2D eigenvalue weighted by atomic mass is 79.9. The number of pyridine rings is 1. The predicted octanol–water partition coefficient (Wildman–Crippen LogP) is 5.20. The van der Waals surface area contributed by atoms with Crippen molar-refractivity contribution in [2.75, 3.05) is 7.11 Å². The molecule has 2 aromatic carbocycles. The molecule has 9 heteroatoms. The number of carboxylic acids is 1. The van der Waals surface area contributed by atoms with Crippen LogP contribution in [0.4, 0.5) is 0 Å². The summed E-state index contributed by atoms with van der Waals surface area (Å²) in [5, 5.41) is 16.0. The highest BCUT2D eigenvalue weighted by molar-refractivity contribution is 9.10. The van der Waals surface area contributed by atoms with Crippen molar-refractivity contribution in [2.24, 2.45) is 5.10 Å². The van der Waals surface area contributed by atoms with Gasteiger partial charge in [-0.1, -0.05) is 39.7 Å². The van der Waals surface area contributed by atoms with Gasteiger partial charge in [0.15, 0.2) is 0 Å². The molecule has 0 spiro atoms. The van der Waals surface area contributed by atoms with E-state index < -0.39 is 12.0 Å². The number of methoxy groups -OCH3 is 1. The zero-order valence-corrected chi connectivity index (χ0v) is 19.4. The van der Waals surface area contributed by atoms with Gasteiger partial charge in [-0.05, 0) is 35.9 Å². The Balaban J connectivity index is 1.73. The lowest BCUT2D eigenvalue weighted by molar-refractivity contribution is -0.141. The molecule has 0 saturated heterocycles. The lowest BCUT2D eigenvalue weighted by Gasteiger charge is -2.23. The number of carboxylic acid groups (broad SMARTS) is 1. The number of halogens is 2. The first-order chi connectivity index (χ1) is 15.4. The molecule has 0 aliphatic carbocycles. The van der Waals surface area contributed by atoms with Gasteiger partial charge in [0.1, 0.15) is 10.9 Å². The zero-order chi connectivity index (χ0) is 22.8. The number of aliphatic carboxylic acids is 1. The number of hydrogen-bond acceptors (Lipinski definition) is 5. The highest BCUT2D eigenvalue weighted by Gasteiger charge is 2.35. The zero-order valence-electron chi connectivity index (χ0n) is 17.1. The van der Waals surface area contributed by atoms with Gasteiger partial charge >= 0.3 is 5.97 Å². The summed E-state index contributed by atoms with van der Waals surface area (Å²) in [6, 6.07) is 14.5. The van der Waals surface area contributed by atoms with E-state index in [2.05, 4.69) is 26.0 Å². The van der Waals surface area contributed by atoms with Crippen LogP contribution in [0.15, 0.2) is 58.1 Å². The number of ether oxygens (including phenoxy) is 1. The van der Waals surface area contributed by atoms with Crippen molar-refractivity contribution in [3.05, 3.63) is 69.3 Å². The fraction of sp³-hybridized carbons (Fsp3) is 0.217. The maximum Gasteiger partial charge on any atom is 0.303 e. The molecule has 1 atom stereocenters. The molecule has 1 N–H and O–H groups in total. The summed E-state index contributed by atoms with van der Waals surface area (Å²) in [6.07, 6.45) is 0.0109. The van der Waals surface area contributed by atoms with Gasteiger partial charge in [0, 0.05) is 34.3 Å². The van der Waals surface area contributed by atoms with Crippen molar-refractivity contribution in [3.63, 3.8) is 0 Å². The molecule has 1 amide bonds. The van der Waals surface area contributed by atoms with Crippen LogP contribution in [0.25, 0.3) is 10.9 Å². The fourth-order valence-corrected chi connectivity index (χ4v) is 4.16. The van der Waals surface area contributed by atoms with Crippen LogP contribution in [0, 0.1) is 0 Å². The van der Waals surface area contributed by atoms with Crippen LogP contribution in [0.3, 0.4) is 0 Å². The third-order valence-electron chi connectivity index (χ3n) is 5.26. The Bertz CT molecular complexity index is 1230. The van der Waals surface area contributed by atoms with Crippen molar-refractivity contribution in [2.45, 2.75) is 25.3 Å². The molecule has 1 aliphatic heterocycles. The summed E-state index contributed by atoms with van der Waals surface area (Å²) >= 11 is 9.97. The van der Waals surface area contributed by atoms with E-state index in [1.165, 1.54) is 5.01 Å². The van der Waals surface area contributed by atoms with Crippen molar-refractivity contribution in [1.82, 2.24) is 9.99 Å². The van der Waals surface area contributed by atoms with E-state index >= 15 is 0 Å². The van der Waals surface area contributed by atoms with Gasteiger partial charge in [-0.2, -0.15) is 5.10 Å². The Morgan fingerprint density at radius 2 is 1.94 bits per heavy atom. The summed E-state index contributed by atoms with van der Waals surface area (Å²) in [5.41, 5.74) is 2.93. The molecule has 7 nitrogen and oxygen atoms in total. The van der Waals surface area contributed by atoms with E-state index in [0.29, 0.717) is 23.3 Å². The standard InChI is InChI=1S/C23H19BrClN3O4/c1-32-16-7-4-14-10-17(23(25)26-18(14)11-16)20-12-19(13-2-5-15(24)6-3-13)27-28(20)21(29)8-9-22(30)31/h2-7,10-11,20H,8-9,12H2,1H3,(H,30,31). The van der Waals surface area contributed by atoms with Crippen LogP contribution in [0.1, 0.15) is 36.4 Å². The van der Waals surface area contributed by atoms with Crippen molar-refractivity contribution < 1.29 is 19.4 Å². The van der Waals surface area contributed by atoms with Gasteiger partial charge in [-0.3, -0.25) is 9.59 Å². The number of fused-ring (bicyclic) bond motifs is 1. The van der Waals surface area contributed by atoms with Crippen molar-refractivity contribution in [3.8, 4) is 5.75 Å². The second-order valence-corrected chi connectivity index (χ2v) is 8.61. The van der Waals surface area contributed by atoms with E-state index in [4.69, 9.17) is 21.4 Å². The number of hydrogen-bond donors (Lipinski definition) is 1. The smallest absolute Gasteiger partial charge is 0.303 e. The predicted molar refractivity (Wildman–Crippen MR) is 125 cm³/mol. The van der Waals surface area contributed by atoms with E-state index in [-0.39, 0.29) is 23.9 Å². The minimum atomic E-state index is -1.04. The molecule has 0 radical (unpaired) electrons. The fourth-order valence-electron chi connectivity index (χ4n) is 3.63. The second kappa shape index (κ2) is 9.26. The highest BCUT2D eigenvalue weighted by Crippen LogP contribution is 2.38. The van der Waals surface area contributed by atoms with Gasteiger partial charge in [-0.15, -0.1) is 0 Å². The number of amides is 1. The quantitative estimate of drug-likeness (QED) is 0.455. The van der Waals surface area contributed by atoms with Crippen molar-refractivity contribution in [1.29, 1.82) is 0 Å². The van der Waals surface area contributed by atoms with Crippen LogP contribution >= 0.6 is 27.5 Å². The van der Waals surface area contributed by atoms with E-state index in [9.17, 15) is 9.59 Å². The molecule has 164 valence electrons. The first-order valence-electron chi connectivity index (χ1n) is 9.87. The lowest BCUT2D eigenvalue weighted by atomic mass is 9.98. The topological polar surface area (TPSA) is 92.1 Å². The van der Waals surface area contributed by atoms with Crippen LogP contribution in [-0.2, 0) is 9.59 Å². The first kappa shape index (κ1) is 22.2. The Labute approximate surface area is 197 Å². The van der Waals surface area contributed by atoms with E-state index in [1.54, 1.807) is 13.2 Å². The van der Waals surface area contributed by atoms with Crippen LogP contribution < -0.4 is 4.74 Å². The van der Waals surface area contributed by atoms with Gasteiger partial charge in [0.2, 0.25) is 5.91 Å². The maximum absolute atomic E-state index is 12.9. The van der Waals surface area contributed by atoms with Gasteiger partial charge in [0.25, 0.3) is 0 Å². The molecule has 3 aromatic rings. The summed E-state index contributed by atoms with van der Waals surface area (Å²) in [5.74, 6) is -0.748. The largest absolute Gasteiger partial charge is 0.497 e. The summed E-state index contributed by atoms with van der Waals surface area (Å²) in [6.45, 7) is 0. The first-order valence-corrected chi connectivity index (χ1v) is 11.0. The molecular formula is C23H19BrClN3O4. The Morgan fingerprint density at radius 3 is 2.62 bits per heavy atom. The molecule has 0 saturated carbocycles. The monoisotopic (exact) mass is 515 g/mol. The Hall–Kier alpha value is -2.97. The number of carbonyl (C=O) groups excluding carboxylic acids is 1. The van der Waals surface area contributed by atoms with Gasteiger partial charge in [0.05, 0.1) is 30.8 Å². The molecule has 2 heterocycles. The van der Waals surface area contributed by atoms with Gasteiger partial charge in [-0.25, -0.2) is 9.99 Å². The molecular weight excluding hydrogens is 498 g/mol. The van der Waals surface area contributed by atoms with Crippen molar-refractivity contribution >= 4 is 56.0 Å². The number of aromatic nitrogens is 1. The third kappa shape index (κ3) is 4.61. The number of benzene rings is 2. The molecule has 4 rings (SSSR count). The molecule has 32 heavy (non-hydrogen) atoms. The number of carbonyl (C=O) groups is 2. The number of rotatable bonds is 6. The summed E-state index contributed by atoms with van der Waals surface area (Å²) in [7, 11) is 1.58. The Kier molecular flexibility index (Phi) is 6.43. The molecule has 1 unspecified atom stereocenters. The minimum absolute atomic E-state index is 0.154. The van der Waals surface area contributed by atoms with Crippen LogP contribution in [-0.4, -0.2) is 39.8 Å². The van der Waals surface area contributed by atoms with E-state index in [0.717, 1.165) is 21.1 Å². The third-order valence-corrected chi connectivity index (χ3v) is 6.09. The SMILES string of the molecule is COc1ccc2cc(C3CC(c4ccc(Br)cc4)=NN3C(=O)CCC(=O)O)c(Cl)nc2c1. The van der Waals surface area contributed by atoms with E-state index in [1.807, 2.05) is 42.5 Å². The summed E-state index contributed by atoms with van der Waals surface area (Å²) in [4.78, 5) is 28.4. The lowest BCUT2D eigenvalue weighted by Crippen LogP contribution is -2.27. The minimum Gasteiger partial charge on any atom is -0.497 e. The normalized spacial score (nSPS) is 15.7. The molecule has 1 aliphatic rings. The van der Waals surface area contributed by atoms with Crippen LogP contribution in [0.2, 0.25) is 5.15 Å². The van der Waals surface area contributed by atoms with Gasteiger partial charge < -0.3 is 9.84 Å². The molecule has 0 fully saturated rings. The number of nitrogens with zero attached hydrogens (tertiary/aromatic N) is 3. The molecule has 1 aromatic heterocycles. The summed E-state index contributed by atoms with van der Waals surface area (Å²) < 4.78 is 6.19. The molecule has 0 bridgehead atoms. The number of hydrazone groups is 1. The average molecular weight is 517 g/mol.